The molecule has 0 aliphatic carbocycles. The third-order valence-corrected chi connectivity index (χ3v) is 6.96. The van der Waals surface area contributed by atoms with E-state index in [1.807, 2.05) is 31.1 Å². The normalized spacial score (nSPS) is 14.6. The van der Waals surface area contributed by atoms with Gasteiger partial charge in [0, 0.05) is 50.2 Å². The minimum absolute atomic E-state index is 0.0945. The average Bonchev–Trinajstić information content (AvgIpc) is 3.09. The van der Waals surface area contributed by atoms with Crippen molar-refractivity contribution in [1.82, 2.24) is 29.1 Å². The molecule has 0 atom stereocenters. The predicted molar refractivity (Wildman–Crippen MR) is 129 cm³/mol. The summed E-state index contributed by atoms with van der Waals surface area (Å²) >= 11 is 1.68. The van der Waals surface area contributed by atoms with E-state index in [4.69, 9.17) is 0 Å². The molecule has 4 rings (SSSR count). The molecule has 0 saturated carbocycles. The number of hydrogen-bond donors (Lipinski definition) is 2. The van der Waals surface area contributed by atoms with E-state index in [1.165, 1.54) is 0 Å². The molecule has 4 heterocycles. The van der Waals surface area contributed by atoms with Crippen molar-refractivity contribution in [2.75, 3.05) is 32.4 Å². The first-order valence-electron chi connectivity index (χ1n) is 10.8. The zero-order valence-electron chi connectivity index (χ0n) is 19.3. The van der Waals surface area contributed by atoms with Crippen LogP contribution < -0.4 is 10.9 Å². The molecule has 174 valence electrons. The molecular weight excluding hydrogens is 440 g/mol. The maximum absolute atomic E-state index is 13.4. The van der Waals surface area contributed by atoms with E-state index in [9.17, 15) is 14.4 Å². The van der Waals surface area contributed by atoms with Crippen molar-refractivity contribution in [3.05, 3.63) is 68.4 Å². The number of carbonyl (C=O) groups excluding carboxylic acids is 2. The summed E-state index contributed by atoms with van der Waals surface area (Å²) < 4.78 is 3.77. The Kier molecular flexibility index (Phi) is 6.57. The van der Waals surface area contributed by atoms with Gasteiger partial charge in [0.25, 0.3) is 17.4 Å². The van der Waals surface area contributed by atoms with Gasteiger partial charge in [-0.2, -0.15) is 5.10 Å². The van der Waals surface area contributed by atoms with Crippen LogP contribution in [-0.4, -0.2) is 68.1 Å². The predicted octanol–water partition coefficient (Wildman–Crippen LogP) is 1.91. The van der Waals surface area contributed by atoms with Crippen LogP contribution in [0.5, 0.6) is 0 Å². The van der Waals surface area contributed by atoms with Gasteiger partial charge in [-0.1, -0.05) is 11.9 Å². The Morgan fingerprint density at radius 3 is 2.58 bits per heavy atom. The largest absolute Gasteiger partial charge is 0.348 e. The number of amides is 2. The number of pyridine rings is 1. The Morgan fingerprint density at radius 1 is 1.18 bits per heavy atom. The number of aryl methyl sites for hydroxylation is 2. The van der Waals surface area contributed by atoms with Gasteiger partial charge in [-0.3, -0.25) is 14.4 Å². The van der Waals surface area contributed by atoms with Crippen LogP contribution >= 0.6 is 11.9 Å². The fourth-order valence-electron chi connectivity index (χ4n) is 4.33. The van der Waals surface area contributed by atoms with Gasteiger partial charge in [0.05, 0.1) is 11.1 Å². The standard InChI is InChI=1S/C23H28N6O3S/c1-14-12-15(2)26-21(30)17(14)13-24-22(31)19-16(3)20(29-18(19)6-5-7-25-29)23(32)27-8-10-28(33-4)11-9-27/h5-7,12H,8-11,13H2,1-4H3,(H,24,31)(H,26,30). The van der Waals surface area contributed by atoms with Crippen LogP contribution in [0.15, 0.2) is 29.2 Å². The van der Waals surface area contributed by atoms with Gasteiger partial charge in [0.1, 0.15) is 5.69 Å². The number of aromatic amines is 1. The van der Waals surface area contributed by atoms with E-state index in [2.05, 4.69) is 19.7 Å². The lowest BCUT2D eigenvalue weighted by Gasteiger charge is -2.33. The van der Waals surface area contributed by atoms with Crippen molar-refractivity contribution in [3.8, 4) is 0 Å². The molecule has 2 N–H and O–H groups in total. The molecule has 0 bridgehead atoms. The highest BCUT2D eigenvalue weighted by Crippen LogP contribution is 2.24. The van der Waals surface area contributed by atoms with Gasteiger partial charge in [-0.15, -0.1) is 0 Å². The number of rotatable bonds is 5. The summed E-state index contributed by atoms with van der Waals surface area (Å²) in [5.74, 6) is -0.476. The number of H-pyrrole nitrogens is 1. The van der Waals surface area contributed by atoms with Crippen LogP contribution in [0.2, 0.25) is 0 Å². The van der Waals surface area contributed by atoms with Crippen molar-refractivity contribution in [2.24, 2.45) is 0 Å². The van der Waals surface area contributed by atoms with Gasteiger partial charge in [0.15, 0.2) is 0 Å². The minimum atomic E-state index is -0.344. The Balaban J connectivity index is 1.64. The Hall–Kier alpha value is -3.11. The van der Waals surface area contributed by atoms with E-state index in [0.29, 0.717) is 41.0 Å². The van der Waals surface area contributed by atoms with Crippen molar-refractivity contribution in [3.63, 3.8) is 0 Å². The van der Waals surface area contributed by atoms with E-state index in [-0.39, 0.29) is 23.9 Å². The summed E-state index contributed by atoms with van der Waals surface area (Å²) in [6, 6.07) is 5.40. The summed E-state index contributed by atoms with van der Waals surface area (Å²) in [6.07, 6.45) is 3.63. The Bertz CT molecular complexity index is 1270. The second-order valence-electron chi connectivity index (χ2n) is 8.20. The number of fused-ring (bicyclic) bond motifs is 1. The molecule has 1 fully saturated rings. The summed E-state index contributed by atoms with van der Waals surface area (Å²) in [7, 11) is 0. The Morgan fingerprint density at radius 2 is 1.91 bits per heavy atom. The van der Waals surface area contributed by atoms with Crippen molar-refractivity contribution in [1.29, 1.82) is 0 Å². The SMILES string of the molecule is CSN1CCN(C(=O)c2c(C)c(C(=O)NCc3c(C)cc(C)[nH]c3=O)c3cccnn23)CC1. The highest BCUT2D eigenvalue weighted by atomic mass is 32.2. The number of aromatic nitrogens is 3. The molecular formula is C23H28N6O3S. The quantitative estimate of drug-likeness (QED) is 0.555. The van der Waals surface area contributed by atoms with Crippen molar-refractivity contribution < 1.29 is 9.59 Å². The summed E-state index contributed by atoms with van der Waals surface area (Å²) in [6.45, 7) is 8.36. The van der Waals surface area contributed by atoms with Crippen LogP contribution in [0.1, 0.15) is 43.2 Å². The van der Waals surface area contributed by atoms with E-state index in [0.717, 1.165) is 24.3 Å². The second-order valence-corrected chi connectivity index (χ2v) is 9.08. The zero-order valence-corrected chi connectivity index (χ0v) is 20.1. The first-order chi connectivity index (χ1) is 15.8. The summed E-state index contributed by atoms with van der Waals surface area (Å²) in [4.78, 5) is 43.6. The number of carbonyl (C=O) groups is 2. The van der Waals surface area contributed by atoms with E-state index >= 15 is 0 Å². The summed E-state index contributed by atoms with van der Waals surface area (Å²) in [5, 5.41) is 7.23. The fourth-order valence-corrected chi connectivity index (χ4v) is 4.86. The first-order valence-corrected chi connectivity index (χ1v) is 12.0. The number of nitrogens with zero attached hydrogens (tertiary/aromatic N) is 4. The van der Waals surface area contributed by atoms with Gasteiger partial charge in [-0.05, 0) is 56.4 Å². The molecule has 3 aromatic rings. The molecule has 0 unspecified atom stereocenters. The smallest absolute Gasteiger partial charge is 0.272 e. The molecule has 33 heavy (non-hydrogen) atoms. The van der Waals surface area contributed by atoms with Crippen LogP contribution in [0.4, 0.5) is 0 Å². The second kappa shape index (κ2) is 9.40. The van der Waals surface area contributed by atoms with Gasteiger partial charge < -0.3 is 15.2 Å². The highest BCUT2D eigenvalue weighted by molar-refractivity contribution is 7.96. The van der Waals surface area contributed by atoms with Crippen molar-refractivity contribution in [2.45, 2.75) is 27.3 Å². The lowest BCUT2D eigenvalue weighted by Crippen LogP contribution is -2.46. The molecule has 9 nitrogen and oxygen atoms in total. The van der Waals surface area contributed by atoms with E-state index in [1.54, 1.807) is 41.7 Å². The van der Waals surface area contributed by atoms with Gasteiger partial charge in [0.2, 0.25) is 0 Å². The molecule has 0 spiro atoms. The third kappa shape index (κ3) is 4.40. The molecule has 10 heteroatoms. The average molecular weight is 469 g/mol. The lowest BCUT2D eigenvalue weighted by molar-refractivity contribution is 0.0695. The van der Waals surface area contributed by atoms with E-state index < -0.39 is 0 Å². The zero-order chi connectivity index (χ0) is 23.7. The van der Waals surface area contributed by atoms with Crippen LogP contribution in [0.25, 0.3) is 5.52 Å². The molecule has 1 aliphatic heterocycles. The first kappa shape index (κ1) is 23.1. The monoisotopic (exact) mass is 468 g/mol. The Labute approximate surface area is 196 Å². The van der Waals surface area contributed by atoms with Gasteiger partial charge in [-0.25, -0.2) is 8.82 Å². The highest BCUT2D eigenvalue weighted by Gasteiger charge is 2.30. The number of hydrogen-bond acceptors (Lipinski definition) is 6. The minimum Gasteiger partial charge on any atom is -0.348 e. The molecule has 3 aromatic heterocycles. The van der Waals surface area contributed by atoms with Gasteiger partial charge >= 0.3 is 0 Å². The van der Waals surface area contributed by atoms with Crippen LogP contribution in [-0.2, 0) is 6.54 Å². The maximum Gasteiger partial charge on any atom is 0.272 e. The fraction of sp³-hybridized carbons (Fsp3) is 0.391. The molecule has 0 aromatic carbocycles. The van der Waals surface area contributed by atoms with Crippen LogP contribution in [0.3, 0.4) is 0 Å². The summed E-state index contributed by atoms with van der Waals surface area (Å²) in [5.41, 5.74) is 3.83. The molecule has 1 saturated heterocycles. The molecule has 0 radical (unpaired) electrons. The number of nitrogens with one attached hydrogen (secondary N) is 2. The molecule has 2 amide bonds. The van der Waals surface area contributed by atoms with Crippen molar-refractivity contribution >= 4 is 29.3 Å². The third-order valence-electron chi connectivity index (χ3n) is 6.08. The molecule has 1 aliphatic rings. The topological polar surface area (TPSA) is 103 Å². The lowest BCUT2D eigenvalue weighted by atomic mass is 10.1. The maximum atomic E-state index is 13.4. The number of piperazine rings is 1. The van der Waals surface area contributed by atoms with Crippen LogP contribution in [0, 0.1) is 20.8 Å².